The largest absolute Gasteiger partial charge is 0.497 e. The van der Waals surface area contributed by atoms with Crippen LogP contribution in [0.5, 0.6) is 11.5 Å². The molecule has 2 aromatic carbocycles. The van der Waals surface area contributed by atoms with Crippen LogP contribution >= 0.6 is 11.3 Å². The lowest BCUT2D eigenvalue weighted by Crippen LogP contribution is -2.36. The summed E-state index contributed by atoms with van der Waals surface area (Å²) in [5, 5.41) is 2.55. The Morgan fingerprint density at radius 2 is 1.82 bits per heavy atom. The van der Waals surface area contributed by atoms with Gasteiger partial charge in [0, 0.05) is 11.8 Å². The van der Waals surface area contributed by atoms with Crippen molar-refractivity contribution in [3.05, 3.63) is 73.4 Å². The molecule has 0 spiro atoms. The van der Waals surface area contributed by atoms with E-state index in [1.807, 2.05) is 0 Å². The van der Waals surface area contributed by atoms with E-state index < -0.39 is 23.3 Å². The summed E-state index contributed by atoms with van der Waals surface area (Å²) in [4.78, 5) is 37.8. The van der Waals surface area contributed by atoms with Crippen molar-refractivity contribution in [2.45, 2.75) is 13.5 Å². The Balaban J connectivity index is 2.05. The lowest BCUT2D eigenvalue weighted by atomic mass is 10.2. The molecule has 1 amide bonds. The van der Waals surface area contributed by atoms with Gasteiger partial charge >= 0.3 is 5.97 Å². The van der Waals surface area contributed by atoms with Crippen molar-refractivity contribution in [3.8, 4) is 11.5 Å². The topological polar surface area (TPSA) is 95.9 Å². The molecule has 3 rings (SSSR count). The molecule has 1 N–H and O–H groups in total. The summed E-state index contributed by atoms with van der Waals surface area (Å²) in [7, 11) is 3.03. The van der Waals surface area contributed by atoms with Crippen molar-refractivity contribution in [1.29, 1.82) is 0 Å². The van der Waals surface area contributed by atoms with Gasteiger partial charge in [-0.05, 0) is 48.9 Å². The fraction of sp³-hybridized carbons (Fsp3) is 0.208. The first-order valence-electron chi connectivity index (χ1n) is 10.2. The van der Waals surface area contributed by atoms with Gasteiger partial charge in [0.25, 0.3) is 5.56 Å². The highest BCUT2D eigenvalue weighted by molar-refractivity contribution is 7.07. The van der Waals surface area contributed by atoms with Gasteiger partial charge in [-0.1, -0.05) is 6.07 Å². The maximum Gasteiger partial charge on any atom is 0.333 e. The number of hydrogen-bond donors (Lipinski definition) is 1. The van der Waals surface area contributed by atoms with Crippen LogP contribution < -0.4 is 29.5 Å². The third-order valence-corrected chi connectivity index (χ3v) is 5.61. The van der Waals surface area contributed by atoms with E-state index in [9.17, 15) is 18.8 Å². The number of aromatic nitrogens is 1. The minimum Gasteiger partial charge on any atom is -0.497 e. The van der Waals surface area contributed by atoms with Gasteiger partial charge < -0.3 is 19.5 Å². The second kappa shape index (κ2) is 11.3. The summed E-state index contributed by atoms with van der Waals surface area (Å²) >= 11 is 1.03. The van der Waals surface area contributed by atoms with Crippen LogP contribution in [0.2, 0.25) is 0 Å². The number of ether oxygens (including phenoxy) is 3. The van der Waals surface area contributed by atoms with Gasteiger partial charge in [-0.15, -0.1) is 11.3 Å². The molecule has 3 aromatic rings. The first kappa shape index (κ1) is 24.7. The van der Waals surface area contributed by atoms with Gasteiger partial charge in [-0.3, -0.25) is 14.2 Å². The minimum atomic E-state index is -0.641. The van der Waals surface area contributed by atoms with Crippen LogP contribution in [-0.4, -0.2) is 37.3 Å². The number of rotatable bonds is 8. The molecule has 0 unspecified atom stereocenters. The SMILES string of the molecule is CCOC(=O)/C=c1\s/c(=C\c2cc(OC)cc(OC)c2)c(=O)n1CC(=O)Nc1cccc(F)c1. The Bertz CT molecular complexity index is 1360. The van der Waals surface area contributed by atoms with Crippen LogP contribution in [0.1, 0.15) is 12.5 Å². The number of hydrogen-bond acceptors (Lipinski definition) is 7. The number of methoxy groups -OCH3 is 2. The number of nitrogens with zero attached hydrogens (tertiary/aromatic N) is 1. The molecule has 0 fully saturated rings. The predicted octanol–water partition coefficient (Wildman–Crippen LogP) is 1.88. The molecule has 0 saturated carbocycles. The van der Waals surface area contributed by atoms with Gasteiger partial charge in [0.05, 0.1) is 31.4 Å². The summed E-state index contributed by atoms with van der Waals surface area (Å²) in [6.07, 6.45) is 2.77. The zero-order chi connectivity index (χ0) is 24.7. The van der Waals surface area contributed by atoms with E-state index in [4.69, 9.17) is 14.2 Å². The van der Waals surface area contributed by atoms with E-state index in [-0.39, 0.29) is 28.0 Å². The Morgan fingerprint density at radius 3 is 2.44 bits per heavy atom. The second-order valence-electron chi connectivity index (χ2n) is 6.94. The maximum atomic E-state index is 13.4. The van der Waals surface area contributed by atoms with Crippen LogP contribution in [-0.2, 0) is 20.9 Å². The number of amides is 1. The normalized spacial score (nSPS) is 11.9. The van der Waals surface area contributed by atoms with E-state index in [2.05, 4.69) is 5.32 Å². The molecular formula is C24H23FN2O6S. The number of carbonyl (C=O) groups excluding carboxylic acids is 2. The molecule has 8 nitrogen and oxygen atoms in total. The number of thiazole rings is 1. The number of carbonyl (C=O) groups is 2. The van der Waals surface area contributed by atoms with Crippen LogP contribution in [0.15, 0.2) is 47.3 Å². The fourth-order valence-electron chi connectivity index (χ4n) is 3.05. The predicted molar refractivity (Wildman–Crippen MR) is 127 cm³/mol. The molecule has 1 aromatic heterocycles. The molecule has 0 saturated heterocycles. The first-order valence-corrected chi connectivity index (χ1v) is 11.0. The van der Waals surface area contributed by atoms with Gasteiger partial charge in [0.15, 0.2) is 0 Å². The van der Waals surface area contributed by atoms with Gasteiger partial charge in [-0.25, -0.2) is 9.18 Å². The highest BCUT2D eigenvalue weighted by atomic mass is 32.1. The Kier molecular flexibility index (Phi) is 8.20. The zero-order valence-corrected chi connectivity index (χ0v) is 19.6. The average Bonchev–Trinajstić information content (AvgIpc) is 3.07. The summed E-state index contributed by atoms with van der Waals surface area (Å²) in [5.41, 5.74) is 0.407. The summed E-state index contributed by atoms with van der Waals surface area (Å²) in [5.74, 6) is -0.630. The van der Waals surface area contributed by atoms with Gasteiger partial charge in [0.1, 0.15) is 28.5 Å². The monoisotopic (exact) mass is 486 g/mol. The lowest BCUT2D eigenvalue weighted by Gasteiger charge is -2.06. The van der Waals surface area contributed by atoms with Crippen molar-refractivity contribution in [2.24, 2.45) is 0 Å². The number of nitrogens with one attached hydrogen (secondary N) is 1. The van der Waals surface area contributed by atoms with Gasteiger partial charge in [0.2, 0.25) is 5.91 Å². The fourth-order valence-corrected chi connectivity index (χ4v) is 4.08. The Morgan fingerprint density at radius 1 is 1.12 bits per heavy atom. The molecule has 10 heteroatoms. The van der Waals surface area contributed by atoms with Gasteiger partial charge in [-0.2, -0.15) is 0 Å². The summed E-state index contributed by atoms with van der Waals surface area (Å²) < 4.78 is 30.6. The molecule has 1 heterocycles. The van der Waals surface area contributed by atoms with Crippen LogP contribution in [0, 0.1) is 5.82 Å². The molecule has 0 aliphatic rings. The average molecular weight is 487 g/mol. The molecular weight excluding hydrogens is 463 g/mol. The number of benzene rings is 2. The van der Waals surface area contributed by atoms with Crippen molar-refractivity contribution >= 4 is 41.1 Å². The Labute approximate surface area is 198 Å². The summed E-state index contributed by atoms with van der Waals surface area (Å²) in [6, 6.07) is 10.5. The summed E-state index contributed by atoms with van der Waals surface area (Å²) in [6.45, 7) is 1.44. The Hall–Kier alpha value is -3.92. The maximum absolute atomic E-state index is 13.4. The van der Waals surface area contributed by atoms with Crippen molar-refractivity contribution in [1.82, 2.24) is 4.57 Å². The lowest BCUT2D eigenvalue weighted by molar-refractivity contribution is -0.135. The van der Waals surface area contributed by atoms with E-state index in [0.29, 0.717) is 17.1 Å². The van der Waals surface area contributed by atoms with Crippen LogP contribution in [0.25, 0.3) is 12.2 Å². The van der Waals surface area contributed by atoms with E-state index in [0.717, 1.165) is 23.5 Å². The zero-order valence-electron chi connectivity index (χ0n) is 18.8. The smallest absolute Gasteiger partial charge is 0.333 e. The third kappa shape index (κ3) is 6.32. The highest BCUT2D eigenvalue weighted by Crippen LogP contribution is 2.22. The number of esters is 1. The van der Waals surface area contributed by atoms with Crippen LogP contribution in [0.3, 0.4) is 0 Å². The molecule has 0 atom stereocenters. The van der Waals surface area contributed by atoms with E-state index >= 15 is 0 Å². The number of halogens is 1. The van der Waals surface area contributed by atoms with Crippen molar-refractivity contribution in [3.63, 3.8) is 0 Å². The van der Waals surface area contributed by atoms with Crippen molar-refractivity contribution in [2.75, 3.05) is 26.1 Å². The van der Waals surface area contributed by atoms with Crippen LogP contribution in [0.4, 0.5) is 10.1 Å². The van der Waals surface area contributed by atoms with E-state index in [1.165, 1.54) is 37.0 Å². The first-order chi connectivity index (χ1) is 16.3. The molecule has 34 heavy (non-hydrogen) atoms. The number of anilines is 1. The molecule has 0 bridgehead atoms. The highest BCUT2D eigenvalue weighted by Gasteiger charge is 2.12. The standard InChI is InChI=1S/C24H23FN2O6S/c1-4-33-23(29)13-22-27(14-21(28)26-17-7-5-6-16(25)11-17)24(30)20(34-22)10-15-8-18(31-2)12-19(9-15)32-3/h5-13H,4,14H2,1-3H3,(H,26,28)/b20-10-,22-13-. The third-order valence-electron chi connectivity index (χ3n) is 4.55. The van der Waals surface area contributed by atoms with E-state index in [1.54, 1.807) is 31.2 Å². The molecule has 0 radical (unpaired) electrons. The minimum absolute atomic E-state index is 0.160. The molecule has 178 valence electrons. The quantitative estimate of drug-likeness (QED) is 0.489. The van der Waals surface area contributed by atoms with Crippen molar-refractivity contribution < 1.29 is 28.2 Å². The molecule has 0 aliphatic heterocycles. The second-order valence-corrected chi connectivity index (χ2v) is 8.00. The molecule has 0 aliphatic carbocycles.